The van der Waals surface area contributed by atoms with Crippen molar-refractivity contribution < 1.29 is 14.7 Å². The average molecular weight is 311 g/mol. The molecule has 1 aliphatic heterocycles. The van der Waals surface area contributed by atoms with Gasteiger partial charge in [0.05, 0.1) is 6.54 Å². The summed E-state index contributed by atoms with van der Waals surface area (Å²) in [5, 5.41) is 13.8. The zero-order valence-electron chi connectivity index (χ0n) is 11.9. The SMILES string of the molecule is CC(=O)N1CCC[C@@](O)(C(=O)NCc2cccc(Cl)c2)C1. The monoisotopic (exact) mass is 310 g/mol. The van der Waals surface area contributed by atoms with Gasteiger partial charge in [0.15, 0.2) is 5.60 Å². The molecule has 0 saturated carbocycles. The van der Waals surface area contributed by atoms with Crippen LogP contribution in [0.15, 0.2) is 24.3 Å². The number of hydrogen-bond acceptors (Lipinski definition) is 3. The highest BCUT2D eigenvalue weighted by atomic mass is 35.5. The molecule has 0 spiro atoms. The Bertz CT molecular complexity index is 549. The molecule has 0 bridgehead atoms. The number of carbonyl (C=O) groups excluding carboxylic acids is 2. The molecule has 0 radical (unpaired) electrons. The van der Waals surface area contributed by atoms with E-state index in [9.17, 15) is 14.7 Å². The number of halogens is 1. The highest BCUT2D eigenvalue weighted by molar-refractivity contribution is 6.30. The van der Waals surface area contributed by atoms with Crippen molar-refractivity contribution in [3.8, 4) is 0 Å². The van der Waals surface area contributed by atoms with Crippen molar-refractivity contribution in [3.05, 3.63) is 34.9 Å². The summed E-state index contributed by atoms with van der Waals surface area (Å²) >= 11 is 5.88. The van der Waals surface area contributed by atoms with Gasteiger partial charge in [0, 0.05) is 25.0 Å². The van der Waals surface area contributed by atoms with Crippen molar-refractivity contribution in [3.63, 3.8) is 0 Å². The summed E-state index contributed by atoms with van der Waals surface area (Å²) in [6.07, 6.45) is 0.971. The molecule has 0 aromatic heterocycles. The number of β-amino-alcohol motifs (C(OH)–C–C–N with tert-alkyl or cyclic N) is 1. The molecule has 1 heterocycles. The first-order chi connectivity index (χ1) is 9.90. The van der Waals surface area contributed by atoms with Crippen LogP contribution in [-0.4, -0.2) is 40.5 Å². The lowest BCUT2D eigenvalue weighted by molar-refractivity contribution is -0.150. The van der Waals surface area contributed by atoms with Gasteiger partial charge in [-0.25, -0.2) is 0 Å². The zero-order valence-corrected chi connectivity index (χ0v) is 12.7. The minimum atomic E-state index is -1.51. The summed E-state index contributed by atoms with van der Waals surface area (Å²) in [6.45, 7) is 2.36. The molecule has 2 rings (SSSR count). The van der Waals surface area contributed by atoms with E-state index in [1.807, 2.05) is 6.07 Å². The molecule has 1 aromatic rings. The third-order valence-electron chi connectivity index (χ3n) is 3.68. The lowest BCUT2D eigenvalue weighted by Gasteiger charge is -2.37. The van der Waals surface area contributed by atoms with E-state index in [0.29, 0.717) is 31.0 Å². The highest BCUT2D eigenvalue weighted by Gasteiger charge is 2.40. The number of hydrogen-bond donors (Lipinski definition) is 2. The zero-order chi connectivity index (χ0) is 15.5. The molecule has 6 heteroatoms. The van der Waals surface area contributed by atoms with Crippen LogP contribution in [0.3, 0.4) is 0 Å². The molecule has 1 aliphatic rings. The summed E-state index contributed by atoms with van der Waals surface area (Å²) in [4.78, 5) is 25.1. The summed E-state index contributed by atoms with van der Waals surface area (Å²) in [5.41, 5.74) is -0.652. The third-order valence-corrected chi connectivity index (χ3v) is 3.92. The van der Waals surface area contributed by atoms with Crippen LogP contribution in [0.4, 0.5) is 0 Å². The molecule has 21 heavy (non-hydrogen) atoms. The molecule has 5 nitrogen and oxygen atoms in total. The quantitative estimate of drug-likeness (QED) is 0.885. The van der Waals surface area contributed by atoms with Crippen LogP contribution in [0.25, 0.3) is 0 Å². The Hall–Kier alpha value is -1.59. The van der Waals surface area contributed by atoms with E-state index < -0.39 is 11.5 Å². The summed E-state index contributed by atoms with van der Waals surface area (Å²) in [5.74, 6) is -0.579. The van der Waals surface area contributed by atoms with Crippen LogP contribution in [0.5, 0.6) is 0 Å². The predicted molar refractivity (Wildman–Crippen MR) is 79.7 cm³/mol. The number of likely N-dealkylation sites (tertiary alicyclic amines) is 1. The number of carbonyl (C=O) groups is 2. The Labute approximate surface area is 128 Å². The van der Waals surface area contributed by atoms with Crippen LogP contribution in [0.2, 0.25) is 5.02 Å². The van der Waals surface area contributed by atoms with E-state index in [4.69, 9.17) is 11.6 Å². The molecule has 1 fully saturated rings. The van der Waals surface area contributed by atoms with Gasteiger partial charge in [-0.1, -0.05) is 23.7 Å². The normalized spacial score (nSPS) is 22.0. The van der Waals surface area contributed by atoms with Crippen LogP contribution < -0.4 is 5.32 Å². The highest BCUT2D eigenvalue weighted by Crippen LogP contribution is 2.22. The van der Waals surface area contributed by atoms with Crippen molar-refractivity contribution in [2.45, 2.75) is 31.9 Å². The van der Waals surface area contributed by atoms with E-state index in [2.05, 4.69) is 5.32 Å². The minimum absolute atomic E-state index is 0.0453. The van der Waals surface area contributed by atoms with Gasteiger partial charge >= 0.3 is 0 Å². The van der Waals surface area contributed by atoms with Gasteiger partial charge in [-0.05, 0) is 30.5 Å². The van der Waals surface area contributed by atoms with Crippen LogP contribution in [0.1, 0.15) is 25.3 Å². The number of nitrogens with zero attached hydrogens (tertiary/aromatic N) is 1. The van der Waals surface area contributed by atoms with Gasteiger partial charge < -0.3 is 15.3 Å². The topological polar surface area (TPSA) is 69.6 Å². The van der Waals surface area contributed by atoms with Gasteiger partial charge in [0.25, 0.3) is 5.91 Å². The average Bonchev–Trinajstić information content (AvgIpc) is 2.44. The molecular formula is C15H19ClN2O3. The summed E-state index contributed by atoms with van der Waals surface area (Å²) in [6, 6.07) is 7.16. The molecule has 1 saturated heterocycles. The molecular weight excluding hydrogens is 292 g/mol. The van der Waals surface area contributed by atoms with Gasteiger partial charge in [-0.3, -0.25) is 9.59 Å². The first kappa shape index (κ1) is 15.8. The Morgan fingerprint density at radius 1 is 1.48 bits per heavy atom. The van der Waals surface area contributed by atoms with Gasteiger partial charge in [0.1, 0.15) is 0 Å². The maximum atomic E-state index is 12.2. The summed E-state index contributed by atoms with van der Waals surface area (Å²) < 4.78 is 0. The molecule has 0 aliphatic carbocycles. The van der Waals surface area contributed by atoms with Gasteiger partial charge in [-0.2, -0.15) is 0 Å². The first-order valence-electron chi connectivity index (χ1n) is 6.91. The number of aliphatic hydroxyl groups is 1. The lowest BCUT2D eigenvalue weighted by Crippen LogP contribution is -2.57. The van der Waals surface area contributed by atoms with Crippen molar-refractivity contribution in [1.29, 1.82) is 0 Å². The number of nitrogens with one attached hydrogen (secondary N) is 1. The second kappa shape index (κ2) is 6.45. The number of amides is 2. The van der Waals surface area contributed by atoms with Gasteiger partial charge in [-0.15, -0.1) is 0 Å². The fourth-order valence-electron chi connectivity index (χ4n) is 2.48. The maximum absolute atomic E-state index is 12.2. The molecule has 114 valence electrons. The second-order valence-corrected chi connectivity index (χ2v) is 5.82. The predicted octanol–water partition coefficient (Wildman–Crippen LogP) is 1.33. The Kier molecular flexibility index (Phi) is 4.85. The Morgan fingerprint density at radius 2 is 2.24 bits per heavy atom. The van der Waals surface area contributed by atoms with Crippen LogP contribution in [0, 0.1) is 0 Å². The van der Waals surface area contributed by atoms with Crippen molar-refractivity contribution in [2.75, 3.05) is 13.1 Å². The minimum Gasteiger partial charge on any atom is -0.378 e. The first-order valence-corrected chi connectivity index (χ1v) is 7.29. The van der Waals surface area contributed by atoms with Crippen LogP contribution in [-0.2, 0) is 16.1 Å². The summed E-state index contributed by atoms with van der Waals surface area (Å²) in [7, 11) is 0. The number of piperidine rings is 1. The number of benzene rings is 1. The number of rotatable bonds is 3. The van der Waals surface area contributed by atoms with Gasteiger partial charge in [0.2, 0.25) is 5.91 Å². The van der Waals surface area contributed by atoms with Crippen molar-refractivity contribution in [1.82, 2.24) is 10.2 Å². The fourth-order valence-corrected chi connectivity index (χ4v) is 2.70. The van der Waals surface area contributed by atoms with E-state index >= 15 is 0 Å². The van der Waals surface area contributed by atoms with Crippen molar-refractivity contribution in [2.24, 2.45) is 0 Å². The second-order valence-electron chi connectivity index (χ2n) is 5.39. The fraction of sp³-hybridized carbons (Fsp3) is 0.467. The van der Waals surface area contributed by atoms with E-state index in [-0.39, 0.29) is 12.5 Å². The van der Waals surface area contributed by atoms with E-state index in [1.54, 1.807) is 18.2 Å². The molecule has 0 unspecified atom stereocenters. The molecule has 2 N–H and O–H groups in total. The molecule has 1 aromatic carbocycles. The molecule has 1 atom stereocenters. The standard InChI is InChI=1S/C15H19ClN2O3/c1-11(19)18-7-3-6-15(21,10-18)14(20)17-9-12-4-2-5-13(16)8-12/h2,4-5,8,21H,3,6-7,9-10H2,1H3,(H,17,20)/t15-/m0/s1. The maximum Gasteiger partial charge on any atom is 0.254 e. The molecule has 2 amide bonds. The Balaban J connectivity index is 1.97. The smallest absolute Gasteiger partial charge is 0.254 e. The largest absolute Gasteiger partial charge is 0.378 e. The van der Waals surface area contributed by atoms with E-state index in [1.165, 1.54) is 11.8 Å². The van der Waals surface area contributed by atoms with E-state index in [0.717, 1.165) is 5.56 Å². The third kappa shape index (κ3) is 3.95. The van der Waals surface area contributed by atoms with Crippen molar-refractivity contribution >= 4 is 23.4 Å². The van der Waals surface area contributed by atoms with Crippen LogP contribution >= 0.6 is 11.6 Å². The lowest BCUT2D eigenvalue weighted by atomic mass is 9.91. The Morgan fingerprint density at radius 3 is 2.90 bits per heavy atom.